The highest BCUT2D eigenvalue weighted by atomic mass is 32.2. The van der Waals surface area contributed by atoms with Gasteiger partial charge in [0.2, 0.25) is 17.7 Å². The Hall–Kier alpha value is -1.46. The number of rotatable bonds is 11. The van der Waals surface area contributed by atoms with Crippen LogP contribution in [0.1, 0.15) is 13.3 Å². The Morgan fingerprint density at radius 2 is 1.79 bits per heavy atom. The molecule has 11 heteroatoms. The summed E-state index contributed by atoms with van der Waals surface area (Å²) in [5, 5.41) is 15.5. The molecule has 9 nitrogen and oxygen atoms in total. The summed E-state index contributed by atoms with van der Waals surface area (Å²) < 4.78 is 0. The van der Waals surface area contributed by atoms with Crippen molar-refractivity contribution in [3.05, 3.63) is 0 Å². The summed E-state index contributed by atoms with van der Waals surface area (Å²) in [4.78, 5) is 46.0. The van der Waals surface area contributed by atoms with E-state index in [0.29, 0.717) is 12.2 Å². The number of carbonyl (C=O) groups excluding carboxylic acids is 3. The average molecular weight is 380 g/mol. The maximum absolute atomic E-state index is 12.1. The molecule has 0 aromatic carbocycles. The van der Waals surface area contributed by atoms with E-state index in [-0.39, 0.29) is 5.75 Å². The number of nitrogens with one attached hydrogen (secondary N) is 3. The van der Waals surface area contributed by atoms with Gasteiger partial charge in [-0.3, -0.25) is 19.2 Å². The molecule has 3 amide bonds. The van der Waals surface area contributed by atoms with Crippen LogP contribution >= 0.6 is 24.4 Å². The SMILES string of the molecule is CSCCC(N)C(=O)NC(CS)C(=O)NC(C)C(=O)NCC(=O)O. The van der Waals surface area contributed by atoms with Gasteiger partial charge < -0.3 is 26.8 Å². The molecule has 6 N–H and O–H groups in total. The molecule has 0 rings (SSSR count). The lowest BCUT2D eigenvalue weighted by atomic mass is 10.2. The summed E-state index contributed by atoms with van der Waals surface area (Å²) in [6, 6.07) is -2.64. The highest BCUT2D eigenvalue weighted by Crippen LogP contribution is 2.00. The van der Waals surface area contributed by atoms with Crippen LogP contribution in [0.25, 0.3) is 0 Å². The predicted molar refractivity (Wildman–Crippen MR) is 95.0 cm³/mol. The van der Waals surface area contributed by atoms with Crippen LogP contribution in [-0.4, -0.2) is 71.2 Å². The predicted octanol–water partition coefficient (Wildman–Crippen LogP) is -1.81. The molecular weight excluding hydrogens is 356 g/mol. The normalized spacial score (nSPS) is 14.2. The third-order valence-corrected chi connectivity index (χ3v) is 3.96. The Bertz CT molecular complexity index is 464. The van der Waals surface area contributed by atoms with Crippen molar-refractivity contribution in [3.63, 3.8) is 0 Å². The quantitative estimate of drug-likeness (QED) is 0.231. The topological polar surface area (TPSA) is 151 Å². The van der Waals surface area contributed by atoms with Crippen molar-refractivity contribution in [1.29, 1.82) is 0 Å². The van der Waals surface area contributed by atoms with Crippen LogP contribution in [0, 0.1) is 0 Å². The number of hydrogen-bond donors (Lipinski definition) is 6. The summed E-state index contributed by atoms with van der Waals surface area (Å²) in [7, 11) is 0. The molecule has 24 heavy (non-hydrogen) atoms. The van der Waals surface area contributed by atoms with E-state index < -0.39 is 48.4 Å². The highest BCUT2D eigenvalue weighted by molar-refractivity contribution is 7.98. The zero-order valence-electron chi connectivity index (χ0n) is 13.6. The molecule has 0 saturated heterocycles. The Morgan fingerprint density at radius 3 is 2.29 bits per heavy atom. The number of hydrogen-bond acceptors (Lipinski definition) is 7. The number of aliphatic carboxylic acids is 1. The Balaban J connectivity index is 4.50. The van der Waals surface area contributed by atoms with Gasteiger partial charge in [-0.2, -0.15) is 24.4 Å². The fraction of sp³-hybridized carbons (Fsp3) is 0.692. The van der Waals surface area contributed by atoms with Gasteiger partial charge in [0, 0.05) is 5.75 Å². The third kappa shape index (κ3) is 8.99. The maximum Gasteiger partial charge on any atom is 0.322 e. The first-order chi connectivity index (χ1) is 11.2. The number of carbonyl (C=O) groups is 4. The number of amides is 3. The molecule has 3 unspecified atom stereocenters. The van der Waals surface area contributed by atoms with Gasteiger partial charge in [0.05, 0.1) is 6.04 Å². The van der Waals surface area contributed by atoms with Crippen LogP contribution in [0.5, 0.6) is 0 Å². The van der Waals surface area contributed by atoms with Gasteiger partial charge in [-0.25, -0.2) is 0 Å². The van der Waals surface area contributed by atoms with E-state index in [1.165, 1.54) is 6.92 Å². The number of nitrogens with two attached hydrogens (primary N) is 1. The van der Waals surface area contributed by atoms with Crippen molar-refractivity contribution in [2.75, 3.05) is 24.3 Å². The zero-order chi connectivity index (χ0) is 18.7. The first kappa shape index (κ1) is 22.5. The molecule has 0 aliphatic carbocycles. The van der Waals surface area contributed by atoms with E-state index in [1.54, 1.807) is 11.8 Å². The molecular formula is C13H24N4O5S2. The lowest BCUT2D eigenvalue weighted by Gasteiger charge is -2.21. The third-order valence-electron chi connectivity index (χ3n) is 2.95. The molecule has 0 bridgehead atoms. The van der Waals surface area contributed by atoms with Gasteiger partial charge in [0.25, 0.3) is 0 Å². The molecule has 0 aliphatic heterocycles. The zero-order valence-corrected chi connectivity index (χ0v) is 15.3. The maximum atomic E-state index is 12.1. The molecule has 138 valence electrons. The summed E-state index contributed by atoms with van der Waals surface area (Å²) in [5.41, 5.74) is 5.72. The van der Waals surface area contributed by atoms with Crippen LogP contribution in [0.3, 0.4) is 0 Å². The Kier molecular flexibility index (Phi) is 11.3. The van der Waals surface area contributed by atoms with Crippen LogP contribution in [0.15, 0.2) is 0 Å². The molecule has 0 aliphatic rings. The van der Waals surface area contributed by atoms with Crippen molar-refractivity contribution in [3.8, 4) is 0 Å². The molecule has 0 radical (unpaired) electrons. The first-order valence-electron chi connectivity index (χ1n) is 7.18. The lowest BCUT2D eigenvalue weighted by molar-refractivity contribution is -0.138. The fourth-order valence-corrected chi connectivity index (χ4v) is 2.29. The van der Waals surface area contributed by atoms with Crippen molar-refractivity contribution >= 4 is 48.1 Å². The summed E-state index contributed by atoms with van der Waals surface area (Å²) in [6.45, 7) is 0.854. The minimum atomic E-state index is -1.19. The minimum absolute atomic E-state index is 0.0241. The summed E-state index contributed by atoms with van der Waals surface area (Å²) in [5.74, 6) is -2.17. The standard InChI is InChI=1S/C13H24N4O5S2/c1-7(11(20)15-5-10(18)19)16-13(22)9(6-23)17-12(21)8(14)3-4-24-2/h7-9,23H,3-6,14H2,1-2H3,(H,15,20)(H,16,22)(H,17,21)(H,18,19). The van der Waals surface area contributed by atoms with Gasteiger partial charge in [-0.1, -0.05) is 0 Å². The second kappa shape index (κ2) is 12.0. The molecule has 0 spiro atoms. The van der Waals surface area contributed by atoms with Gasteiger partial charge in [-0.05, 0) is 25.4 Å². The number of thiol groups is 1. The van der Waals surface area contributed by atoms with Crippen LogP contribution in [0.4, 0.5) is 0 Å². The Morgan fingerprint density at radius 1 is 1.17 bits per heavy atom. The molecule has 0 heterocycles. The minimum Gasteiger partial charge on any atom is -0.480 e. The largest absolute Gasteiger partial charge is 0.480 e. The monoisotopic (exact) mass is 380 g/mol. The van der Waals surface area contributed by atoms with E-state index in [9.17, 15) is 19.2 Å². The average Bonchev–Trinajstić information content (AvgIpc) is 2.54. The fourth-order valence-electron chi connectivity index (χ4n) is 1.54. The lowest BCUT2D eigenvalue weighted by Crippen LogP contribution is -2.56. The second-order valence-electron chi connectivity index (χ2n) is 4.97. The van der Waals surface area contributed by atoms with Crippen molar-refractivity contribution in [1.82, 2.24) is 16.0 Å². The van der Waals surface area contributed by atoms with E-state index in [4.69, 9.17) is 10.8 Å². The smallest absolute Gasteiger partial charge is 0.322 e. The van der Waals surface area contributed by atoms with Gasteiger partial charge in [-0.15, -0.1) is 0 Å². The summed E-state index contributed by atoms with van der Waals surface area (Å²) in [6.07, 6.45) is 2.37. The molecule has 0 fully saturated rings. The Labute approximate surface area is 150 Å². The molecule has 3 atom stereocenters. The van der Waals surface area contributed by atoms with Crippen LogP contribution in [0.2, 0.25) is 0 Å². The van der Waals surface area contributed by atoms with E-state index in [2.05, 4.69) is 28.6 Å². The number of thioether (sulfide) groups is 1. The first-order valence-corrected chi connectivity index (χ1v) is 9.21. The molecule has 0 aromatic rings. The molecule has 0 aromatic heterocycles. The van der Waals surface area contributed by atoms with Crippen molar-refractivity contribution in [2.24, 2.45) is 5.73 Å². The van der Waals surface area contributed by atoms with Crippen LogP contribution in [-0.2, 0) is 19.2 Å². The van der Waals surface area contributed by atoms with Gasteiger partial charge >= 0.3 is 5.97 Å². The number of carboxylic acids is 1. The highest BCUT2D eigenvalue weighted by Gasteiger charge is 2.25. The van der Waals surface area contributed by atoms with Gasteiger partial charge in [0.15, 0.2) is 0 Å². The number of carboxylic acid groups (broad SMARTS) is 1. The van der Waals surface area contributed by atoms with Gasteiger partial charge in [0.1, 0.15) is 18.6 Å². The van der Waals surface area contributed by atoms with Crippen molar-refractivity contribution < 1.29 is 24.3 Å². The van der Waals surface area contributed by atoms with E-state index in [0.717, 1.165) is 0 Å². The van der Waals surface area contributed by atoms with E-state index in [1.807, 2.05) is 6.26 Å². The van der Waals surface area contributed by atoms with Crippen LogP contribution < -0.4 is 21.7 Å². The van der Waals surface area contributed by atoms with Crippen molar-refractivity contribution in [2.45, 2.75) is 31.5 Å². The second-order valence-corrected chi connectivity index (χ2v) is 6.32. The van der Waals surface area contributed by atoms with E-state index >= 15 is 0 Å². The molecule has 0 saturated carbocycles. The summed E-state index contributed by atoms with van der Waals surface area (Å²) >= 11 is 5.57.